The third kappa shape index (κ3) is 3.85. The van der Waals surface area contributed by atoms with Crippen LogP contribution in [0.5, 0.6) is 0 Å². The van der Waals surface area contributed by atoms with E-state index in [2.05, 4.69) is 49.0 Å². The van der Waals surface area contributed by atoms with Crippen molar-refractivity contribution < 1.29 is 0 Å². The molecule has 3 heteroatoms. The van der Waals surface area contributed by atoms with Crippen LogP contribution in [0.1, 0.15) is 57.3 Å². The van der Waals surface area contributed by atoms with Gasteiger partial charge in [-0.25, -0.2) is 0 Å². The van der Waals surface area contributed by atoms with Crippen molar-refractivity contribution in [2.75, 3.05) is 6.54 Å². The predicted molar refractivity (Wildman–Crippen MR) is 84.9 cm³/mol. The maximum Gasteiger partial charge on any atom is 0.0596 e. The topological polar surface area (TPSA) is 29.9 Å². The summed E-state index contributed by atoms with van der Waals surface area (Å²) in [6, 6.07) is 2.86. The number of hydrogen-bond donors (Lipinski definition) is 1. The van der Waals surface area contributed by atoms with Crippen molar-refractivity contribution in [1.82, 2.24) is 15.1 Å². The summed E-state index contributed by atoms with van der Waals surface area (Å²) in [5.41, 5.74) is 2.50. The van der Waals surface area contributed by atoms with E-state index in [-0.39, 0.29) is 0 Å². The van der Waals surface area contributed by atoms with E-state index < -0.39 is 0 Å². The molecule has 1 heterocycles. The number of likely N-dealkylation sites (N-methyl/N-ethyl adjacent to an activating group) is 1. The Kier molecular flexibility index (Phi) is 5.64. The average Bonchev–Trinajstić information content (AvgIpc) is 2.76. The number of aromatic nitrogens is 2. The van der Waals surface area contributed by atoms with E-state index in [1.165, 1.54) is 37.8 Å². The van der Waals surface area contributed by atoms with Gasteiger partial charge in [0.1, 0.15) is 0 Å². The molecule has 1 saturated carbocycles. The summed E-state index contributed by atoms with van der Waals surface area (Å²) >= 11 is 0. The lowest BCUT2D eigenvalue weighted by Gasteiger charge is -2.34. The van der Waals surface area contributed by atoms with Crippen molar-refractivity contribution in [3.63, 3.8) is 0 Å². The Bertz CT molecular complexity index is 402. The van der Waals surface area contributed by atoms with Crippen molar-refractivity contribution in [2.45, 2.75) is 65.3 Å². The molecule has 114 valence electrons. The first-order chi connectivity index (χ1) is 9.63. The van der Waals surface area contributed by atoms with Crippen molar-refractivity contribution in [3.05, 3.63) is 17.5 Å². The lowest BCUT2D eigenvalue weighted by Crippen LogP contribution is -2.40. The first-order valence-corrected chi connectivity index (χ1v) is 8.36. The van der Waals surface area contributed by atoms with Crippen LogP contribution in [0.3, 0.4) is 0 Å². The van der Waals surface area contributed by atoms with Crippen LogP contribution in [-0.4, -0.2) is 22.4 Å². The minimum Gasteiger partial charge on any atom is -0.314 e. The van der Waals surface area contributed by atoms with Crippen LogP contribution < -0.4 is 5.32 Å². The minimum absolute atomic E-state index is 0.618. The standard InChI is InChI=1S/C17H31N3/c1-5-14-7-9-15(10-8-14)17(18-6-2)12-16-11-13(3)19-20(16)4/h11,14-15,17-18H,5-10,12H2,1-4H3. The number of nitrogens with one attached hydrogen (secondary N) is 1. The molecule has 1 fully saturated rings. The number of aryl methyl sites for hydroxylation is 2. The van der Waals surface area contributed by atoms with Crippen molar-refractivity contribution in [3.8, 4) is 0 Å². The molecule has 1 aliphatic rings. The lowest BCUT2D eigenvalue weighted by atomic mass is 9.76. The second-order valence-electron chi connectivity index (χ2n) is 6.46. The first-order valence-electron chi connectivity index (χ1n) is 8.36. The van der Waals surface area contributed by atoms with Crippen LogP contribution in [0.25, 0.3) is 0 Å². The van der Waals surface area contributed by atoms with Gasteiger partial charge in [-0.05, 0) is 44.2 Å². The van der Waals surface area contributed by atoms with Gasteiger partial charge in [0, 0.05) is 25.2 Å². The Morgan fingerprint density at radius 2 is 2.00 bits per heavy atom. The summed E-state index contributed by atoms with van der Waals surface area (Å²) in [4.78, 5) is 0. The summed E-state index contributed by atoms with van der Waals surface area (Å²) in [6.07, 6.45) is 8.12. The van der Waals surface area contributed by atoms with Gasteiger partial charge in [0.2, 0.25) is 0 Å². The Morgan fingerprint density at radius 3 is 2.50 bits per heavy atom. The molecule has 3 nitrogen and oxygen atoms in total. The van der Waals surface area contributed by atoms with E-state index in [0.717, 1.165) is 30.5 Å². The molecule has 20 heavy (non-hydrogen) atoms. The van der Waals surface area contributed by atoms with E-state index in [1.807, 2.05) is 0 Å². The molecule has 0 radical (unpaired) electrons. The Labute approximate surface area is 124 Å². The predicted octanol–water partition coefficient (Wildman–Crippen LogP) is 3.47. The second-order valence-corrected chi connectivity index (χ2v) is 6.46. The third-order valence-corrected chi connectivity index (χ3v) is 5.03. The molecule has 1 unspecified atom stereocenters. The van der Waals surface area contributed by atoms with Crippen molar-refractivity contribution in [1.29, 1.82) is 0 Å². The fraction of sp³-hybridized carbons (Fsp3) is 0.824. The van der Waals surface area contributed by atoms with Gasteiger partial charge in [0.05, 0.1) is 5.69 Å². The number of rotatable bonds is 6. The molecule has 2 rings (SSSR count). The average molecular weight is 277 g/mol. The molecule has 1 aliphatic carbocycles. The summed E-state index contributed by atoms with van der Waals surface area (Å²) in [6.45, 7) is 7.71. The Hall–Kier alpha value is -0.830. The molecule has 1 aromatic heterocycles. The zero-order chi connectivity index (χ0) is 14.5. The maximum absolute atomic E-state index is 4.48. The van der Waals surface area contributed by atoms with Crippen LogP contribution >= 0.6 is 0 Å². The molecule has 1 aromatic rings. The van der Waals surface area contributed by atoms with Gasteiger partial charge in [0.25, 0.3) is 0 Å². The molecule has 1 atom stereocenters. The maximum atomic E-state index is 4.48. The van der Waals surface area contributed by atoms with Crippen LogP contribution in [0, 0.1) is 18.8 Å². The number of nitrogens with zero attached hydrogens (tertiary/aromatic N) is 2. The minimum atomic E-state index is 0.618. The van der Waals surface area contributed by atoms with Crippen LogP contribution in [0.15, 0.2) is 6.07 Å². The molecule has 1 N–H and O–H groups in total. The highest BCUT2D eigenvalue weighted by molar-refractivity contribution is 5.10. The van der Waals surface area contributed by atoms with Gasteiger partial charge in [0.15, 0.2) is 0 Å². The quantitative estimate of drug-likeness (QED) is 0.863. The van der Waals surface area contributed by atoms with Gasteiger partial charge in [-0.1, -0.05) is 33.1 Å². The SMILES string of the molecule is CCNC(Cc1cc(C)nn1C)C1CCC(CC)CC1. The molecule has 0 bridgehead atoms. The molecule has 0 spiro atoms. The zero-order valence-electron chi connectivity index (χ0n) is 13.7. The Balaban J connectivity index is 1.98. The highest BCUT2D eigenvalue weighted by Gasteiger charge is 2.27. The molecule has 0 aliphatic heterocycles. The second kappa shape index (κ2) is 7.26. The smallest absolute Gasteiger partial charge is 0.0596 e. The van der Waals surface area contributed by atoms with E-state index in [4.69, 9.17) is 0 Å². The van der Waals surface area contributed by atoms with Gasteiger partial charge >= 0.3 is 0 Å². The van der Waals surface area contributed by atoms with Gasteiger partial charge in [-0.3, -0.25) is 4.68 Å². The molecular formula is C17H31N3. The highest BCUT2D eigenvalue weighted by Crippen LogP contribution is 2.33. The third-order valence-electron chi connectivity index (χ3n) is 5.03. The zero-order valence-corrected chi connectivity index (χ0v) is 13.7. The van der Waals surface area contributed by atoms with Crippen molar-refractivity contribution >= 4 is 0 Å². The van der Waals surface area contributed by atoms with Crippen molar-refractivity contribution in [2.24, 2.45) is 18.9 Å². The van der Waals surface area contributed by atoms with Crippen LogP contribution in [0.4, 0.5) is 0 Å². The fourth-order valence-electron chi connectivity index (χ4n) is 3.75. The Morgan fingerprint density at radius 1 is 1.30 bits per heavy atom. The van der Waals surface area contributed by atoms with Gasteiger partial charge in [-0.2, -0.15) is 5.10 Å². The van der Waals surface area contributed by atoms with E-state index in [9.17, 15) is 0 Å². The first kappa shape index (κ1) is 15.6. The summed E-state index contributed by atoms with van der Waals surface area (Å²) in [7, 11) is 2.07. The molecule has 0 amide bonds. The van der Waals surface area contributed by atoms with E-state index >= 15 is 0 Å². The molecule has 0 saturated heterocycles. The lowest BCUT2D eigenvalue weighted by molar-refractivity contribution is 0.216. The highest BCUT2D eigenvalue weighted by atomic mass is 15.3. The normalized spacial score (nSPS) is 24.8. The van der Waals surface area contributed by atoms with Gasteiger partial charge < -0.3 is 5.32 Å². The van der Waals surface area contributed by atoms with E-state index in [0.29, 0.717) is 6.04 Å². The van der Waals surface area contributed by atoms with Crippen LogP contribution in [-0.2, 0) is 13.5 Å². The van der Waals surface area contributed by atoms with E-state index in [1.54, 1.807) is 0 Å². The summed E-state index contributed by atoms with van der Waals surface area (Å²) in [5.74, 6) is 1.82. The molecular weight excluding hydrogens is 246 g/mol. The summed E-state index contributed by atoms with van der Waals surface area (Å²) < 4.78 is 2.05. The number of hydrogen-bond acceptors (Lipinski definition) is 2. The molecule has 0 aromatic carbocycles. The van der Waals surface area contributed by atoms with Gasteiger partial charge in [-0.15, -0.1) is 0 Å². The fourth-order valence-corrected chi connectivity index (χ4v) is 3.75. The largest absolute Gasteiger partial charge is 0.314 e. The van der Waals surface area contributed by atoms with Crippen LogP contribution in [0.2, 0.25) is 0 Å². The monoisotopic (exact) mass is 277 g/mol. The summed E-state index contributed by atoms with van der Waals surface area (Å²) in [5, 5.41) is 8.21.